The van der Waals surface area contributed by atoms with E-state index in [4.69, 9.17) is 0 Å². The van der Waals surface area contributed by atoms with Crippen molar-refractivity contribution in [1.82, 2.24) is 30.0 Å². The van der Waals surface area contributed by atoms with Crippen LogP contribution in [0.25, 0.3) is 17.1 Å². The molecule has 6 nitrogen and oxygen atoms in total. The van der Waals surface area contributed by atoms with Crippen molar-refractivity contribution in [3.63, 3.8) is 0 Å². The molecular formula is C12H12N6S. The van der Waals surface area contributed by atoms with Crippen LogP contribution in [0.2, 0.25) is 0 Å². The fraction of sp³-hybridized carbons (Fsp3) is 0.167. The first kappa shape index (κ1) is 11.9. The zero-order chi connectivity index (χ0) is 13.2. The van der Waals surface area contributed by atoms with Crippen molar-refractivity contribution in [1.29, 1.82) is 0 Å². The summed E-state index contributed by atoms with van der Waals surface area (Å²) in [5.74, 6) is 0.625. The van der Waals surface area contributed by atoms with Crippen LogP contribution in [0.1, 0.15) is 6.92 Å². The first-order valence-electron chi connectivity index (χ1n) is 5.89. The number of rotatable bonds is 3. The standard InChI is InChI=1S/C12H12N6S/c1-2-17-15-12(14-16-17)9-3-5-10(6-4-9)18-11(19)7-8-13-18/h3-8,19H,2H2,1H3. The van der Waals surface area contributed by atoms with E-state index in [-0.39, 0.29) is 0 Å². The summed E-state index contributed by atoms with van der Waals surface area (Å²) in [5, 5.41) is 17.2. The van der Waals surface area contributed by atoms with Crippen LogP contribution in [0.5, 0.6) is 0 Å². The second-order valence-corrected chi connectivity index (χ2v) is 4.41. The van der Waals surface area contributed by atoms with E-state index in [1.165, 1.54) is 0 Å². The summed E-state index contributed by atoms with van der Waals surface area (Å²) in [6.45, 7) is 2.68. The molecule has 0 saturated heterocycles. The lowest BCUT2D eigenvalue weighted by Gasteiger charge is -2.03. The minimum atomic E-state index is 0.625. The zero-order valence-electron chi connectivity index (χ0n) is 10.3. The Morgan fingerprint density at radius 1 is 1.16 bits per heavy atom. The third kappa shape index (κ3) is 2.24. The molecule has 2 aromatic heterocycles. The molecule has 3 rings (SSSR count). The molecule has 0 radical (unpaired) electrons. The van der Waals surface area contributed by atoms with Crippen LogP contribution in [0, 0.1) is 0 Å². The highest BCUT2D eigenvalue weighted by atomic mass is 32.1. The van der Waals surface area contributed by atoms with E-state index in [0.717, 1.165) is 16.3 Å². The van der Waals surface area contributed by atoms with Crippen molar-refractivity contribution >= 4 is 12.6 Å². The second-order valence-electron chi connectivity index (χ2n) is 3.95. The van der Waals surface area contributed by atoms with Crippen LogP contribution in [-0.2, 0) is 6.54 Å². The number of tetrazole rings is 1. The van der Waals surface area contributed by atoms with Crippen LogP contribution in [0.4, 0.5) is 0 Å². The number of thiol groups is 1. The SMILES string of the molecule is CCn1nnc(-c2ccc(-n3nccc3S)cc2)n1. The van der Waals surface area contributed by atoms with Crippen molar-refractivity contribution in [2.75, 3.05) is 0 Å². The van der Waals surface area contributed by atoms with E-state index in [1.54, 1.807) is 15.7 Å². The Bertz CT molecular complexity index is 684. The number of benzene rings is 1. The normalized spacial score (nSPS) is 10.8. The third-order valence-electron chi connectivity index (χ3n) is 2.73. The lowest BCUT2D eigenvalue weighted by molar-refractivity contribution is 0.553. The molecular weight excluding hydrogens is 260 g/mol. The average Bonchev–Trinajstić information content (AvgIpc) is 3.07. The molecule has 3 aromatic rings. The van der Waals surface area contributed by atoms with Crippen molar-refractivity contribution in [3.8, 4) is 17.1 Å². The minimum absolute atomic E-state index is 0.625. The lowest BCUT2D eigenvalue weighted by atomic mass is 10.2. The van der Waals surface area contributed by atoms with Crippen LogP contribution in [0.3, 0.4) is 0 Å². The molecule has 0 aliphatic carbocycles. The monoisotopic (exact) mass is 272 g/mol. The highest BCUT2D eigenvalue weighted by Gasteiger charge is 2.06. The summed E-state index contributed by atoms with van der Waals surface area (Å²) in [6.07, 6.45) is 1.71. The highest BCUT2D eigenvalue weighted by Crippen LogP contribution is 2.18. The smallest absolute Gasteiger partial charge is 0.204 e. The Hall–Kier alpha value is -2.15. The van der Waals surface area contributed by atoms with Gasteiger partial charge < -0.3 is 0 Å². The summed E-state index contributed by atoms with van der Waals surface area (Å²) in [5.41, 5.74) is 1.87. The van der Waals surface area contributed by atoms with Gasteiger partial charge in [-0.15, -0.1) is 22.8 Å². The highest BCUT2D eigenvalue weighted by molar-refractivity contribution is 7.80. The van der Waals surface area contributed by atoms with E-state index in [9.17, 15) is 0 Å². The molecule has 1 aromatic carbocycles. The van der Waals surface area contributed by atoms with Crippen molar-refractivity contribution in [2.24, 2.45) is 0 Å². The number of aryl methyl sites for hydroxylation is 1. The fourth-order valence-electron chi connectivity index (χ4n) is 1.74. The fourth-order valence-corrected chi connectivity index (χ4v) is 1.97. The van der Waals surface area contributed by atoms with Gasteiger partial charge in [0.15, 0.2) is 0 Å². The van der Waals surface area contributed by atoms with Gasteiger partial charge in [-0.2, -0.15) is 9.90 Å². The first-order chi connectivity index (χ1) is 9.28. The largest absolute Gasteiger partial charge is 0.228 e. The van der Waals surface area contributed by atoms with Gasteiger partial charge in [-0.3, -0.25) is 0 Å². The van der Waals surface area contributed by atoms with E-state index in [2.05, 4.69) is 33.1 Å². The molecule has 0 atom stereocenters. The van der Waals surface area contributed by atoms with E-state index in [1.807, 2.05) is 37.3 Å². The van der Waals surface area contributed by atoms with Crippen LogP contribution >= 0.6 is 12.6 Å². The van der Waals surface area contributed by atoms with Crippen molar-refractivity contribution in [2.45, 2.75) is 18.5 Å². The minimum Gasteiger partial charge on any atom is -0.228 e. The second kappa shape index (κ2) is 4.85. The average molecular weight is 272 g/mol. The maximum atomic E-state index is 4.33. The molecule has 0 unspecified atom stereocenters. The first-order valence-corrected chi connectivity index (χ1v) is 6.34. The predicted octanol–water partition coefficient (Wildman–Crippen LogP) is 1.83. The number of aromatic nitrogens is 6. The molecule has 0 aliphatic rings. The molecule has 0 bridgehead atoms. The van der Waals surface area contributed by atoms with E-state index in [0.29, 0.717) is 12.4 Å². The van der Waals surface area contributed by atoms with Gasteiger partial charge in [-0.05, 0) is 42.5 Å². The van der Waals surface area contributed by atoms with Gasteiger partial charge in [0.25, 0.3) is 0 Å². The molecule has 0 N–H and O–H groups in total. The van der Waals surface area contributed by atoms with Gasteiger partial charge >= 0.3 is 0 Å². The molecule has 0 saturated carbocycles. The van der Waals surface area contributed by atoms with Crippen LogP contribution in [0.15, 0.2) is 41.6 Å². The predicted molar refractivity (Wildman–Crippen MR) is 73.3 cm³/mol. The Morgan fingerprint density at radius 3 is 2.53 bits per heavy atom. The van der Waals surface area contributed by atoms with E-state index >= 15 is 0 Å². The van der Waals surface area contributed by atoms with Gasteiger partial charge in [-0.25, -0.2) is 4.68 Å². The molecule has 19 heavy (non-hydrogen) atoms. The Kier molecular flexibility index (Phi) is 3.04. The molecule has 0 amide bonds. The number of hydrogen-bond acceptors (Lipinski definition) is 5. The van der Waals surface area contributed by atoms with Gasteiger partial charge in [0.05, 0.1) is 23.5 Å². The van der Waals surface area contributed by atoms with Gasteiger partial charge in [-0.1, -0.05) is 0 Å². The van der Waals surface area contributed by atoms with Crippen molar-refractivity contribution in [3.05, 3.63) is 36.5 Å². The molecule has 2 heterocycles. The molecule has 96 valence electrons. The van der Waals surface area contributed by atoms with Gasteiger partial charge in [0, 0.05) is 5.56 Å². The summed E-state index contributed by atoms with van der Waals surface area (Å²) >= 11 is 4.33. The summed E-state index contributed by atoms with van der Waals surface area (Å²) < 4.78 is 1.75. The molecule has 7 heteroatoms. The third-order valence-corrected chi connectivity index (χ3v) is 3.07. The van der Waals surface area contributed by atoms with Crippen molar-refractivity contribution < 1.29 is 0 Å². The lowest BCUT2D eigenvalue weighted by Crippen LogP contribution is -1.98. The van der Waals surface area contributed by atoms with Crippen LogP contribution in [-0.4, -0.2) is 30.0 Å². The number of nitrogens with zero attached hydrogens (tertiary/aromatic N) is 6. The maximum Gasteiger partial charge on any atom is 0.204 e. The van der Waals surface area contributed by atoms with Gasteiger partial charge in [0.2, 0.25) is 5.82 Å². The summed E-state index contributed by atoms with van der Waals surface area (Å²) in [6, 6.07) is 9.64. The summed E-state index contributed by atoms with van der Waals surface area (Å²) in [4.78, 5) is 1.56. The Morgan fingerprint density at radius 2 is 1.95 bits per heavy atom. The van der Waals surface area contributed by atoms with E-state index < -0.39 is 0 Å². The topological polar surface area (TPSA) is 61.4 Å². The maximum absolute atomic E-state index is 4.33. The summed E-state index contributed by atoms with van der Waals surface area (Å²) in [7, 11) is 0. The van der Waals surface area contributed by atoms with Crippen LogP contribution < -0.4 is 0 Å². The molecule has 0 fully saturated rings. The Balaban J connectivity index is 1.92. The molecule has 0 aliphatic heterocycles. The Labute approximate surface area is 115 Å². The quantitative estimate of drug-likeness (QED) is 0.739. The zero-order valence-corrected chi connectivity index (χ0v) is 11.2. The van der Waals surface area contributed by atoms with Gasteiger partial charge in [0.1, 0.15) is 0 Å². The number of hydrogen-bond donors (Lipinski definition) is 1. The molecule has 0 spiro atoms.